The lowest BCUT2D eigenvalue weighted by Gasteiger charge is -2.06. The summed E-state index contributed by atoms with van der Waals surface area (Å²) in [6.07, 6.45) is 2.31. The highest BCUT2D eigenvalue weighted by atomic mass is 19.1. The molecule has 0 fully saturated rings. The number of fused-ring (bicyclic) bond motifs is 1. The van der Waals surface area contributed by atoms with E-state index >= 15 is 0 Å². The lowest BCUT2D eigenvalue weighted by atomic mass is 10.0. The van der Waals surface area contributed by atoms with Crippen LogP contribution in [0.4, 0.5) is 4.39 Å². The topological polar surface area (TPSA) is 39.2 Å². The lowest BCUT2D eigenvalue weighted by Crippen LogP contribution is -2.02. The zero-order valence-corrected chi connectivity index (χ0v) is 10.4. The fourth-order valence-electron chi connectivity index (χ4n) is 1.89. The number of ether oxygens (including phenoxy) is 1. The summed E-state index contributed by atoms with van der Waals surface area (Å²) in [6, 6.07) is 5.15. The van der Waals surface area contributed by atoms with E-state index in [1.54, 1.807) is 6.20 Å². The first-order valence-corrected chi connectivity index (χ1v) is 5.72. The molecular weight excluding hydrogens is 233 g/mol. The maximum atomic E-state index is 13.9. The summed E-state index contributed by atoms with van der Waals surface area (Å²) in [5, 5.41) is 0.789. The summed E-state index contributed by atoms with van der Waals surface area (Å²) in [4.78, 5) is 15.1. The van der Waals surface area contributed by atoms with Crippen molar-refractivity contribution in [3.05, 3.63) is 41.3 Å². The molecule has 4 heteroatoms. The number of rotatable bonds is 3. The van der Waals surface area contributed by atoms with E-state index in [0.29, 0.717) is 11.9 Å². The zero-order chi connectivity index (χ0) is 13.1. The van der Waals surface area contributed by atoms with Gasteiger partial charge < -0.3 is 4.74 Å². The van der Waals surface area contributed by atoms with Gasteiger partial charge in [0.05, 0.1) is 7.11 Å². The van der Waals surface area contributed by atoms with Crippen molar-refractivity contribution in [3.8, 4) is 0 Å². The van der Waals surface area contributed by atoms with Crippen LogP contribution in [0, 0.1) is 12.7 Å². The SMILES string of the molecule is COC(=O)CCc1cc(F)c2nccc(C)c2c1. The lowest BCUT2D eigenvalue weighted by molar-refractivity contribution is -0.140. The molecule has 0 aliphatic heterocycles. The van der Waals surface area contributed by atoms with Crippen LogP contribution in [0.25, 0.3) is 10.9 Å². The molecule has 0 aliphatic rings. The highest BCUT2D eigenvalue weighted by molar-refractivity contribution is 5.83. The smallest absolute Gasteiger partial charge is 0.305 e. The number of halogens is 1. The van der Waals surface area contributed by atoms with Gasteiger partial charge in [-0.15, -0.1) is 0 Å². The number of methoxy groups -OCH3 is 1. The Bertz CT molecular complexity index is 596. The molecule has 0 N–H and O–H groups in total. The Balaban J connectivity index is 2.36. The van der Waals surface area contributed by atoms with Crippen LogP contribution in [0.15, 0.2) is 24.4 Å². The van der Waals surface area contributed by atoms with Crippen LogP contribution in [0.2, 0.25) is 0 Å². The monoisotopic (exact) mass is 247 g/mol. The maximum absolute atomic E-state index is 13.9. The van der Waals surface area contributed by atoms with Crippen molar-refractivity contribution in [2.24, 2.45) is 0 Å². The molecule has 0 spiro atoms. The molecule has 2 rings (SSSR count). The minimum Gasteiger partial charge on any atom is -0.469 e. The molecule has 2 aromatic rings. The Labute approximate surface area is 105 Å². The third kappa shape index (κ3) is 2.47. The van der Waals surface area contributed by atoms with Gasteiger partial charge >= 0.3 is 5.97 Å². The fourth-order valence-corrected chi connectivity index (χ4v) is 1.89. The third-order valence-corrected chi connectivity index (χ3v) is 2.92. The normalized spacial score (nSPS) is 10.6. The third-order valence-electron chi connectivity index (χ3n) is 2.92. The molecule has 0 unspecified atom stereocenters. The largest absolute Gasteiger partial charge is 0.469 e. The Morgan fingerprint density at radius 2 is 2.22 bits per heavy atom. The van der Waals surface area contributed by atoms with Crippen molar-refractivity contribution in [3.63, 3.8) is 0 Å². The van der Waals surface area contributed by atoms with Crippen molar-refractivity contribution in [2.45, 2.75) is 19.8 Å². The number of esters is 1. The molecule has 3 nitrogen and oxygen atoms in total. The van der Waals surface area contributed by atoms with Gasteiger partial charge in [0.2, 0.25) is 0 Å². The number of pyridine rings is 1. The predicted octanol–water partition coefficient (Wildman–Crippen LogP) is 2.79. The van der Waals surface area contributed by atoms with Crippen LogP contribution in [-0.2, 0) is 16.0 Å². The Morgan fingerprint density at radius 1 is 1.44 bits per heavy atom. The van der Waals surface area contributed by atoms with E-state index in [4.69, 9.17) is 0 Å². The number of hydrogen-bond donors (Lipinski definition) is 0. The second-order valence-corrected chi connectivity index (χ2v) is 4.18. The number of hydrogen-bond acceptors (Lipinski definition) is 3. The van der Waals surface area contributed by atoms with Crippen LogP contribution >= 0.6 is 0 Å². The molecule has 0 atom stereocenters. The van der Waals surface area contributed by atoms with E-state index in [-0.39, 0.29) is 18.2 Å². The predicted molar refractivity (Wildman–Crippen MR) is 66.8 cm³/mol. The molecule has 0 amide bonds. The minimum absolute atomic E-state index is 0.251. The minimum atomic E-state index is -0.351. The van der Waals surface area contributed by atoms with Gasteiger partial charge in [0.25, 0.3) is 0 Å². The molecule has 1 heterocycles. The molecule has 0 radical (unpaired) electrons. The summed E-state index contributed by atoms with van der Waals surface area (Å²) in [5.41, 5.74) is 2.12. The van der Waals surface area contributed by atoms with E-state index in [0.717, 1.165) is 16.5 Å². The highest BCUT2D eigenvalue weighted by Crippen LogP contribution is 2.21. The van der Waals surface area contributed by atoms with Gasteiger partial charge in [-0.3, -0.25) is 9.78 Å². The first kappa shape index (κ1) is 12.5. The zero-order valence-electron chi connectivity index (χ0n) is 10.4. The molecule has 0 bridgehead atoms. The van der Waals surface area contributed by atoms with Crippen molar-refractivity contribution < 1.29 is 13.9 Å². The summed E-state index contributed by atoms with van der Waals surface area (Å²) in [7, 11) is 1.34. The van der Waals surface area contributed by atoms with Gasteiger partial charge in [-0.2, -0.15) is 0 Å². The molecule has 0 saturated carbocycles. The van der Waals surface area contributed by atoms with Gasteiger partial charge in [0.1, 0.15) is 11.3 Å². The molecule has 0 aliphatic carbocycles. The molecule has 1 aromatic heterocycles. The second-order valence-electron chi connectivity index (χ2n) is 4.18. The first-order valence-electron chi connectivity index (χ1n) is 5.72. The number of aromatic nitrogens is 1. The number of benzene rings is 1. The van der Waals surface area contributed by atoms with E-state index in [9.17, 15) is 9.18 Å². The van der Waals surface area contributed by atoms with Crippen molar-refractivity contribution >= 4 is 16.9 Å². The van der Waals surface area contributed by atoms with Crippen LogP contribution in [-0.4, -0.2) is 18.1 Å². The van der Waals surface area contributed by atoms with E-state index in [2.05, 4.69) is 9.72 Å². The highest BCUT2D eigenvalue weighted by Gasteiger charge is 2.08. The maximum Gasteiger partial charge on any atom is 0.305 e. The van der Waals surface area contributed by atoms with E-state index in [1.807, 2.05) is 19.1 Å². The molecular formula is C14H14FNO2. The Kier molecular flexibility index (Phi) is 3.55. The summed E-state index contributed by atoms with van der Waals surface area (Å²) in [5.74, 6) is -0.644. The van der Waals surface area contributed by atoms with Crippen molar-refractivity contribution in [2.75, 3.05) is 7.11 Å². The molecule has 1 aromatic carbocycles. The number of aryl methyl sites for hydroxylation is 2. The Morgan fingerprint density at radius 3 is 2.94 bits per heavy atom. The summed E-state index contributed by atoms with van der Waals surface area (Å²) in [6.45, 7) is 1.91. The molecule has 18 heavy (non-hydrogen) atoms. The number of carbonyl (C=O) groups is 1. The van der Waals surface area contributed by atoms with Crippen LogP contribution in [0.3, 0.4) is 0 Å². The van der Waals surface area contributed by atoms with E-state index in [1.165, 1.54) is 13.2 Å². The Hall–Kier alpha value is -1.97. The van der Waals surface area contributed by atoms with Crippen LogP contribution in [0.5, 0.6) is 0 Å². The quantitative estimate of drug-likeness (QED) is 0.783. The first-order chi connectivity index (χ1) is 8.61. The van der Waals surface area contributed by atoms with E-state index < -0.39 is 0 Å². The summed E-state index contributed by atoms with van der Waals surface area (Å²) < 4.78 is 18.4. The van der Waals surface area contributed by atoms with Gasteiger partial charge in [-0.25, -0.2) is 4.39 Å². The molecule has 0 saturated heterocycles. The average Bonchev–Trinajstić information content (AvgIpc) is 2.37. The van der Waals surface area contributed by atoms with Gasteiger partial charge in [-0.05, 0) is 42.7 Å². The number of carbonyl (C=O) groups excluding carboxylic acids is 1. The van der Waals surface area contributed by atoms with Crippen LogP contribution < -0.4 is 0 Å². The van der Waals surface area contributed by atoms with Crippen LogP contribution in [0.1, 0.15) is 17.5 Å². The summed E-state index contributed by atoms with van der Waals surface area (Å²) >= 11 is 0. The van der Waals surface area contributed by atoms with Crippen molar-refractivity contribution in [1.82, 2.24) is 4.98 Å². The number of nitrogens with zero attached hydrogens (tertiary/aromatic N) is 1. The van der Waals surface area contributed by atoms with Gasteiger partial charge in [0.15, 0.2) is 0 Å². The standard InChI is InChI=1S/C14H14FNO2/c1-9-5-6-16-14-11(9)7-10(8-12(14)15)3-4-13(17)18-2/h5-8H,3-4H2,1-2H3. The molecule has 94 valence electrons. The fraction of sp³-hybridized carbons (Fsp3) is 0.286. The average molecular weight is 247 g/mol. The second kappa shape index (κ2) is 5.12. The van der Waals surface area contributed by atoms with Gasteiger partial charge in [0, 0.05) is 18.0 Å². The van der Waals surface area contributed by atoms with Crippen molar-refractivity contribution in [1.29, 1.82) is 0 Å². The van der Waals surface area contributed by atoms with Gasteiger partial charge in [-0.1, -0.05) is 0 Å².